The SMILES string of the molecule is CC(=O)N(C)Cc1ccc2c(c1)ncn2C. The van der Waals surface area contributed by atoms with E-state index >= 15 is 0 Å². The summed E-state index contributed by atoms with van der Waals surface area (Å²) in [6.07, 6.45) is 1.79. The van der Waals surface area contributed by atoms with E-state index in [1.807, 2.05) is 29.8 Å². The third kappa shape index (κ3) is 1.91. The van der Waals surface area contributed by atoms with E-state index in [1.165, 1.54) is 0 Å². The number of carbonyl (C=O) groups is 1. The van der Waals surface area contributed by atoms with Gasteiger partial charge in [-0.15, -0.1) is 0 Å². The Hall–Kier alpha value is -1.84. The first-order valence-electron chi connectivity index (χ1n) is 5.19. The third-order valence-electron chi connectivity index (χ3n) is 2.75. The molecule has 1 amide bonds. The van der Waals surface area contributed by atoms with Gasteiger partial charge in [0.25, 0.3) is 0 Å². The zero-order valence-electron chi connectivity index (χ0n) is 9.77. The van der Waals surface area contributed by atoms with Crippen molar-refractivity contribution in [2.75, 3.05) is 7.05 Å². The van der Waals surface area contributed by atoms with Gasteiger partial charge in [0, 0.05) is 27.6 Å². The molecule has 2 aromatic rings. The average molecular weight is 217 g/mol. The lowest BCUT2D eigenvalue weighted by Crippen LogP contribution is -2.22. The maximum Gasteiger partial charge on any atom is 0.219 e. The largest absolute Gasteiger partial charge is 0.342 e. The van der Waals surface area contributed by atoms with Crippen LogP contribution in [0.2, 0.25) is 0 Å². The molecular weight excluding hydrogens is 202 g/mol. The molecule has 0 saturated heterocycles. The normalized spacial score (nSPS) is 10.7. The number of aryl methyl sites for hydroxylation is 1. The van der Waals surface area contributed by atoms with Crippen LogP contribution in [0.4, 0.5) is 0 Å². The van der Waals surface area contributed by atoms with Crippen LogP contribution in [0.3, 0.4) is 0 Å². The maximum absolute atomic E-state index is 11.1. The van der Waals surface area contributed by atoms with Gasteiger partial charge < -0.3 is 9.47 Å². The van der Waals surface area contributed by atoms with Crippen molar-refractivity contribution < 1.29 is 4.79 Å². The number of carbonyl (C=O) groups excluding carboxylic acids is 1. The average Bonchev–Trinajstić information content (AvgIpc) is 2.60. The molecule has 1 aromatic heterocycles. The highest BCUT2D eigenvalue weighted by molar-refractivity contribution is 5.76. The topological polar surface area (TPSA) is 38.1 Å². The Kier molecular flexibility index (Phi) is 2.64. The lowest BCUT2D eigenvalue weighted by atomic mass is 10.2. The van der Waals surface area contributed by atoms with Crippen LogP contribution in [-0.2, 0) is 18.4 Å². The van der Waals surface area contributed by atoms with Crippen molar-refractivity contribution in [1.29, 1.82) is 0 Å². The third-order valence-corrected chi connectivity index (χ3v) is 2.75. The van der Waals surface area contributed by atoms with E-state index in [0.29, 0.717) is 6.54 Å². The first-order chi connectivity index (χ1) is 7.58. The van der Waals surface area contributed by atoms with E-state index in [-0.39, 0.29) is 5.91 Å². The summed E-state index contributed by atoms with van der Waals surface area (Å²) in [5.41, 5.74) is 3.18. The number of benzene rings is 1. The molecule has 2 rings (SSSR count). The van der Waals surface area contributed by atoms with E-state index in [9.17, 15) is 4.79 Å². The maximum atomic E-state index is 11.1. The zero-order chi connectivity index (χ0) is 11.7. The van der Waals surface area contributed by atoms with Gasteiger partial charge in [0.1, 0.15) is 0 Å². The molecule has 0 saturated carbocycles. The molecule has 16 heavy (non-hydrogen) atoms. The number of amides is 1. The van der Waals surface area contributed by atoms with E-state index in [1.54, 1.807) is 25.2 Å². The molecule has 0 unspecified atom stereocenters. The zero-order valence-corrected chi connectivity index (χ0v) is 9.77. The Morgan fingerprint density at radius 2 is 2.25 bits per heavy atom. The summed E-state index contributed by atoms with van der Waals surface area (Å²) in [6, 6.07) is 6.09. The minimum absolute atomic E-state index is 0.0705. The van der Waals surface area contributed by atoms with E-state index in [4.69, 9.17) is 0 Å². The molecule has 0 aliphatic carbocycles. The quantitative estimate of drug-likeness (QED) is 0.765. The second kappa shape index (κ2) is 3.96. The molecule has 0 atom stereocenters. The van der Waals surface area contributed by atoms with Crippen molar-refractivity contribution in [3.05, 3.63) is 30.1 Å². The summed E-state index contributed by atoms with van der Waals surface area (Å²) in [6.45, 7) is 2.20. The molecule has 0 N–H and O–H groups in total. The standard InChI is InChI=1S/C12H15N3O/c1-9(16)14(2)7-10-4-5-12-11(6-10)13-8-15(12)3/h4-6,8H,7H2,1-3H3. The molecule has 0 aliphatic heterocycles. The highest BCUT2D eigenvalue weighted by Crippen LogP contribution is 2.14. The monoisotopic (exact) mass is 217 g/mol. The second-order valence-electron chi connectivity index (χ2n) is 4.05. The molecule has 4 heteroatoms. The Morgan fingerprint density at radius 3 is 2.94 bits per heavy atom. The van der Waals surface area contributed by atoms with E-state index < -0.39 is 0 Å². The van der Waals surface area contributed by atoms with Gasteiger partial charge in [-0.1, -0.05) is 6.07 Å². The molecule has 0 bridgehead atoms. The minimum Gasteiger partial charge on any atom is -0.342 e. The first-order valence-corrected chi connectivity index (χ1v) is 5.19. The molecule has 1 heterocycles. The van der Waals surface area contributed by atoms with Crippen LogP contribution in [0.5, 0.6) is 0 Å². The number of imidazole rings is 1. The smallest absolute Gasteiger partial charge is 0.219 e. The Balaban J connectivity index is 2.29. The lowest BCUT2D eigenvalue weighted by Gasteiger charge is -2.14. The minimum atomic E-state index is 0.0705. The van der Waals surface area contributed by atoms with Crippen molar-refractivity contribution in [2.24, 2.45) is 7.05 Å². The van der Waals surface area contributed by atoms with Crippen molar-refractivity contribution in [1.82, 2.24) is 14.5 Å². The molecule has 4 nitrogen and oxygen atoms in total. The van der Waals surface area contributed by atoms with Crippen molar-refractivity contribution >= 4 is 16.9 Å². The molecule has 0 fully saturated rings. The van der Waals surface area contributed by atoms with E-state index in [0.717, 1.165) is 16.6 Å². The van der Waals surface area contributed by atoms with Gasteiger partial charge in [0.15, 0.2) is 0 Å². The van der Waals surface area contributed by atoms with Crippen molar-refractivity contribution in [3.63, 3.8) is 0 Å². The van der Waals surface area contributed by atoms with Crippen LogP contribution in [0, 0.1) is 0 Å². The summed E-state index contributed by atoms with van der Waals surface area (Å²) in [4.78, 5) is 17.1. The van der Waals surface area contributed by atoms with Crippen LogP contribution in [-0.4, -0.2) is 27.4 Å². The Morgan fingerprint density at radius 1 is 1.50 bits per heavy atom. The number of rotatable bonds is 2. The van der Waals surface area contributed by atoms with E-state index in [2.05, 4.69) is 4.98 Å². The van der Waals surface area contributed by atoms with Crippen LogP contribution >= 0.6 is 0 Å². The summed E-state index contributed by atoms with van der Waals surface area (Å²) in [5, 5.41) is 0. The number of hydrogen-bond donors (Lipinski definition) is 0. The van der Waals surface area contributed by atoms with Gasteiger partial charge in [0.05, 0.1) is 17.4 Å². The van der Waals surface area contributed by atoms with Crippen molar-refractivity contribution in [3.8, 4) is 0 Å². The van der Waals surface area contributed by atoms with Crippen molar-refractivity contribution in [2.45, 2.75) is 13.5 Å². The number of aromatic nitrogens is 2. The predicted molar refractivity (Wildman–Crippen MR) is 62.9 cm³/mol. The summed E-state index contributed by atoms with van der Waals surface area (Å²) in [7, 11) is 3.77. The van der Waals surface area contributed by atoms with Gasteiger partial charge in [0.2, 0.25) is 5.91 Å². The summed E-state index contributed by atoms with van der Waals surface area (Å²) < 4.78 is 1.98. The van der Waals surface area contributed by atoms with Crippen LogP contribution in [0.25, 0.3) is 11.0 Å². The molecular formula is C12H15N3O. The summed E-state index contributed by atoms with van der Waals surface area (Å²) in [5.74, 6) is 0.0705. The Labute approximate surface area is 94.5 Å². The van der Waals surface area contributed by atoms with Gasteiger partial charge >= 0.3 is 0 Å². The molecule has 0 aliphatic rings. The molecule has 0 radical (unpaired) electrons. The Bertz CT molecular complexity index is 530. The van der Waals surface area contributed by atoms with Gasteiger partial charge in [-0.3, -0.25) is 4.79 Å². The van der Waals surface area contributed by atoms with Gasteiger partial charge in [-0.2, -0.15) is 0 Å². The highest BCUT2D eigenvalue weighted by Gasteiger charge is 2.05. The number of fused-ring (bicyclic) bond motifs is 1. The summed E-state index contributed by atoms with van der Waals surface area (Å²) >= 11 is 0. The fourth-order valence-electron chi connectivity index (χ4n) is 1.67. The van der Waals surface area contributed by atoms with Crippen LogP contribution in [0.1, 0.15) is 12.5 Å². The number of nitrogens with zero attached hydrogens (tertiary/aromatic N) is 3. The second-order valence-corrected chi connectivity index (χ2v) is 4.05. The van der Waals surface area contributed by atoms with Gasteiger partial charge in [-0.05, 0) is 17.7 Å². The predicted octanol–water partition coefficient (Wildman–Crippen LogP) is 1.55. The van der Waals surface area contributed by atoms with Crippen LogP contribution < -0.4 is 0 Å². The molecule has 0 spiro atoms. The molecule has 1 aromatic carbocycles. The first kappa shape index (κ1) is 10.7. The fourth-order valence-corrected chi connectivity index (χ4v) is 1.67. The lowest BCUT2D eigenvalue weighted by molar-refractivity contribution is -0.128. The highest BCUT2D eigenvalue weighted by atomic mass is 16.2. The number of hydrogen-bond acceptors (Lipinski definition) is 2. The fraction of sp³-hybridized carbons (Fsp3) is 0.333. The molecule has 84 valence electrons. The van der Waals surface area contributed by atoms with Gasteiger partial charge in [-0.25, -0.2) is 4.98 Å². The van der Waals surface area contributed by atoms with Crippen LogP contribution in [0.15, 0.2) is 24.5 Å².